The zero-order valence-electron chi connectivity index (χ0n) is 12.8. The molecule has 0 radical (unpaired) electrons. The Balaban J connectivity index is 1.67. The van der Waals surface area contributed by atoms with Crippen molar-refractivity contribution in [2.45, 2.75) is 37.0 Å². The van der Waals surface area contributed by atoms with Gasteiger partial charge in [-0.2, -0.15) is 0 Å². The average Bonchev–Trinajstić information content (AvgIpc) is 2.59. The Bertz CT molecular complexity index is 499. The van der Waals surface area contributed by atoms with Gasteiger partial charge in [-0.25, -0.2) is 0 Å². The summed E-state index contributed by atoms with van der Waals surface area (Å²) in [5.74, 6) is 0.821. The van der Waals surface area contributed by atoms with E-state index >= 15 is 0 Å². The first-order valence-electron chi connectivity index (χ1n) is 7.54. The molecular formula is C16H22N2O3S. The summed E-state index contributed by atoms with van der Waals surface area (Å²) in [6.45, 7) is 0. The van der Waals surface area contributed by atoms with Gasteiger partial charge in [0.2, 0.25) is 11.8 Å². The molecule has 2 rings (SSSR count). The van der Waals surface area contributed by atoms with Gasteiger partial charge in [-0.15, -0.1) is 11.8 Å². The van der Waals surface area contributed by atoms with Gasteiger partial charge in [0.25, 0.3) is 0 Å². The fraction of sp³-hybridized carbons (Fsp3) is 0.500. The molecule has 0 spiro atoms. The van der Waals surface area contributed by atoms with Crippen molar-refractivity contribution in [1.82, 2.24) is 10.9 Å². The molecule has 1 fully saturated rings. The summed E-state index contributed by atoms with van der Waals surface area (Å²) >= 11 is 1.42. The zero-order valence-corrected chi connectivity index (χ0v) is 13.6. The average molecular weight is 322 g/mol. The number of hydrazine groups is 1. The molecule has 1 aliphatic rings. The Hall–Kier alpha value is -1.69. The molecule has 1 aromatic rings. The monoisotopic (exact) mass is 322 g/mol. The Morgan fingerprint density at radius 3 is 2.45 bits per heavy atom. The van der Waals surface area contributed by atoms with Crippen LogP contribution in [-0.4, -0.2) is 24.7 Å². The first kappa shape index (κ1) is 16.7. The SMILES string of the molecule is COc1ccc(SCC(=O)NNC(=O)C2CCCCC2)cc1. The maximum absolute atomic E-state index is 11.9. The van der Waals surface area contributed by atoms with E-state index in [0.29, 0.717) is 0 Å². The lowest BCUT2D eigenvalue weighted by molar-refractivity contribution is -0.131. The predicted octanol–water partition coefficient (Wildman–Crippen LogP) is 2.52. The van der Waals surface area contributed by atoms with Gasteiger partial charge in [0.1, 0.15) is 5.75 Å². The third-order valence-corrected chi connectivity index (χ3v) is 4.74. The summed E-state index contributed by atoms with van der Waals surface area (Å²) in [7, 11) is 1.62. The zero-order chi connectivity index (χ0) is 15.8. The molecule has 2 N–H and O–H groups in total. The minimum atomic E-state index is -0.204. The van der Waals surface area contributed by atoms with E-state index in [1.807, 2.05) is 24.3 Å². The van der Waals surface area contributed by atoms with Crippen molar-refractivity contribution in [3.8, 4) is 5.75 Å². The maximum atomic E-state index is 11.9. The van der Waals surface area contributed by atoms with Crippen molar-refractivity contribution in [3.05, 3.63) is 24.3 Å². The van der Waals surface area contributed by atoms with Crippen molar-refractivity contribution in [1.29, 1.82) is 0 Å². The molecule has 0 unspecified atom stereocenters. The van der Waals surface area contributed by atoms with E-state index in [4.69, 9.17) is 4.74 Å². The highest BCUT2D eigenvalue weighted by Gasteiger charge is 2.21. The largest absolute Gasteiger partial charge is 0.497 e. The van der Waals surface area contributed by atoms with Crippen LogP contribution in [-0.2, 0) is 9.59 Å². The normalized spacial score (nSPS) is 15.1. The number of nitrogens with one attached hydrogen (secondary N) is 2. The number of benzene rings is 1. The van der Waals surface area contributed by atoms with E-state index in [1.165, 1.54) is 18.2 Å². The molecular weight excluding hydrogens is 300 g/mol. The molecule has 1 saturated carbocycles. The smallest absolute Gasteiger partial charge is 0.248 e. The molecule has 5 nitrogen and oxygen atoms in total. The van der Waals surface area contributed by atoms with Crippen LogP contribution >= 0.6 is 11.8 Å². The van der Waals surface area contributed by atoms with Crippen molar-refractivity contribution in [2.24, 2.45) is 5.92 Å². The lowest BCUT2D eigenvalue weighted by Crippen LogP contribution is -2.45. The van der Waals surface area contributed by atoms with E-state index in [0.717, 1.165) is 36.3 Å². The standard InChI is InChI=1S/C16H22N2O3S/c1-21-13-7-9-14(10-8-13)22-11-15(19)17-18-16(20)12-5-3-2-4-6-12/h7-10,12H,2-6,11H2,1H3,(H,17,19)(H,18,20). The molecule has 2 amide bonds. The molecule has 22 heavy (non-hydrogen) atoms. The third-order valence-electron chi connectivity index (χ3n) is 3.73. The number of thioether (sulfide) groups is 1. The number of methoxy groups -OCH3 is 1. The van der Waals surface area contributed by atoms with Crippen LogP contribution in [0.25, 0.3) is 0 Å². The van der Waals surface area contributed by atoms with E-state index < -0.39 is 0 Å². The number of rotatable bonds is 5. The number of carbonyl (C=O) groups excluding carboxylic acids is 2. The topological polar surface area (TPSA) is 67.4 Å². The predicted molar refractivity (Wildman–Crippen MR) is 86.6 cm³/mol. The van der Waals surface area contributed by atoms with Crippen molar-refractivity contribution in [2.75, 3.05) is 12.9 Å². The van der Waals surface area contributed by atoms with Gasteiger partial charge in [-0.05, 0) is 37.1 Å². The van der Waals surface area contributed by atoms with Crippen LogP contribution in [0.1, 0.15) is 32.1 Å². The van der Waals surface area contributed by atoms with Crippen molar-refractivity contribution >= 4 is 23.6 Å². The summed E-state index contributed by atoms with van der Waals surface area (Å²) in [6, 6.07) is 7.50. The fourth-order valence-electron chi connectivity index (χ4n) is 2.46. The highest BCUT2D eigenvalue weighted by molar-refractivity contribution is 8.00. The Labute approximate surface area is 135 Å². The van der Waals surface area contributed by atoms with E-state index in [2.05, 4.69) is 10.9 Å². The first-order valence-corrected chi connectivity index (χ1v) is 8.53. The molecule has 0 heterocycles. The van der Waals surface area contributed by atoms with Gasteiger partial charge in [0.15, 0.2) is 0 Å². The van der Waals surface area contributed by atoms with Crippen LogP contribution < -0.4 is 15.6 Å². The van der Waals surface area contributed by atoms with Crippen LogP contribution in [0, 0.1) is 5.92 Å². The molecule has 0 aliphatic heterocycles. The minimum absolute atomic E-state index is 0.0447. The van der Waals surface area contributed by atoms with Gasteiger partial charge in [-0.1, -0.05) is 19.3 Å². The second-order valence-electron chi connectivity index (χ2n) is 5.34. The first-order chi connectivity index (χ1) is 10.7. The summed E-state index contributed by atoms with van der Waals surface area (Å²) in [4.78, 5) is 24.6. The lowest BCUT2D eigenvalue weighted by atomic mass is 9.89. The molecule has 120 valence electrons. The minimum Gasteiger partial charge on any atom is -0.497 e. The highest BCUT2D eigenvalue weighted by atomic mass is 32.2. The fourth-order valence-corrected chi connectivity index (χ4v) is 3.15. The number of ether oxygens (including phenoxy) is 1. The second-order valence-corrected chi connectivity index (χ2v) is 6.39. The number of amides is 2. The van der Waals surface area contributed by atoms with Crippen LogP contribution in [0.4, 0.5) is 0 Å². The molecule has 0 aromatic heterocycles. The Kier molecular flexibility index (Phi) is 6.58. The van der Waals surface area contributed by atoms with E-state index in [9.17, 15) is 9.59 Å². The number of carbonyl (C=O) groups is 2. The van der Waals surface area contributed by atoms with Gasteiger partial charge in [-0.3, -0.25) is 20.4 Å². The van der Waals surface area contributed by atoms with E-state index in [1.54, 1.807) is 7.11 Å². The van der Waals surface area contributed by atoms with Crippen LogP contribution in [0.2, 0.25) is 0 Å². The second kappa shape index (κ2) is 8.68. The quantitative estimate of drug-likeness (QED) is 0.646. The van der Waals surface area contributed by atoms with Crippen LogP contribution in [0.15, 0.2) is 29.2 Å². The van der Waals surface area contributed by atoms with Crippen LogP contribution in [0.5, 0.6) is 5.75 Å². The summed E-state index contributed by atoms with van der Waals surface area (Å²) in [5.41, 5.74) is 5.02. The van der Waals surface area contributed by atoms with Gasteiger partial charge in [0, 0.05) is 10.8 Å². The molecule has 0 saturated heterocycles. The highest BCUT2D eigenvalue weighted by Crippen LogP contribution is 2.23. The lowest BCUT2D eigenvalue weighted by Gasteiger charge is -2.20. The summed E-state index contributed by atoms with van der Waals surface area (Å²) in [5, 5.41) is 0. The van der Waals surface area contributed by atoms with E-state index in [-0.39, 0.29) is 23.5 Å². The maximum Gasteiger partial charge on any atom is 0.248 e. The Morgan fingerprint density at radius 2 is 1.82 bits per heavy atom. The molecule has 6 heteroatoms. The third kappa shape index (κ3) is 5.26. The molecule has 0 atom stereocenters. The number of hydrogen-bond acceptors (Lipinski definition) is 4. The summed E-state index contributed by atoms with van der Waals surface area (Å²) in [6.07, 6.45) is 5.23. The molecule has 1 aliphatic carbocycles. The van der Waals surface area contributed by atoms with Crippen LogP contribution in [0.3, 0.4) is 0 Å². The van der Waals surface area contributed by atoms with Gasteiger partial charge < -0.3 is 4.74 Å². The van der Waals surface area contributed by atoms with Crippen molar-refractivity contribution < 1.29 is 14.3 Å². The number of hydrogen-bond donors (Lipinski definition) is 2. The Morgan fingerprint density at radius 1 is 1.14 bits per heavy atom. The van der Waals surface area contributed by atoms with Gasteiger partial charge >= 0.3 is 0 Å². The summed E-state index contributed by atoms with van der Waals surface area (Å²) < 4.78 is 5.08. The van der Waals surface area contributed by atoms with Crippen molar-refractivity contribution in [3.63, 3.8) is 0 Å². The molecule has 1 aromatic carbocycles. The van der Waals surface area contributed by atoms with Gasteiger partial charge in [0.05, 0.1) is 12.9 Å². The molecule has 0 bridgehead atoms.